The molecule has 0 radical (unpaired) electrons. The third-order valence-corrected chi connectivity index (χ3v) is 7.56. The summed E-state index contributed by atoms with van der Waals surface area (Å²) in [6, 6.07) is 13.0. The first-order valence-electron chi connectivity index (χ1n) is 14.0. The van der Waals surface area contributed by atoms with E-state index in [1.807, 2.05) is 37.3 Å². The minimum absolute atomic E-state index is 0.106. The number of likely N-dealkylation sites (N-methyl/N-ethyl adjacent to an activating group) is 1. The highest BCUT2D eigenvalue weighted by Gasteiger charge is 2.29. The van der Waals surface area contributed by atoms with Gasteiger partial charge in [0, 0.05) is 26.4 Å². The van der Waals surface area contributed by atoms with Crippen molar-refractivity contribution in [1.29, 1.82) is 0 Å². The van der Waals surface area contributed by atoms with Crippen molar-refractivity contribution in [2.75, 3.05) is 32.1 Å². The van der Waals surface area contributed by atoms with Gasteiger partial charge in [0.15, 0.2) is 0 Å². The normalized spacial score (nSPS) is 13.7. The predicted octanol–water partition coefficient (Wildman–Crippen LogP) is 0.618. The summed E-state index contributed by atoms with van der Waals surface area (Å²) in [6.45, 7) is 1.83. The molecular weight excluding hydrogens is 558 g/mol. The minimum Gasteiger partial charge on any atom is -0.617 e. The van der Waals surface area contributed by atoms with Crippen LogP contribution in [0, 0.1) is 0 Å². The van der Waals surface area contributed by atoms with Crippen molar-refractivity contribution in [2.45, 2.75) is 57.2 Å². The number of phenols is 1. The van der Waals surface area contributed by atoms with E-state index in [4.69, 9.17) is 5.73 Å². The minimum atomic E-state index is -0.966. The summed E-state index contributed by atoms with van der Waals surface area (Å²) in [5.41, 5.74) is 7.68. The third-order valence-electron chi connectivity index (χ3n) is 6.70. The van der Waals surface area contributed by atoms with Crippen LogP contribution in [-0.2, 0) is 43.2 Å². The van der Waals surface area contributed by atoms with Crippen LogP contribution >= 0.6 is 0 Å². The molecule has 2 aromatic rings. The van der Waals surface area contributed by atoms with Gasteiger partial charge in [-0.3, -0.25) is 19.2 Å². The summed E-state index contributed by atoms with van der Waals surface area (Å²) in [7, 11) is 1.51. The fraction of sp³-hybridized carbons (Fsp3) is 0.467. The van der Waals surface area contributed by atoms with E-state index in [0.717, 1.165) is 11.1 Å². The molecule has 12 heteroatoms. The topological polar surface area (TPSA) is 177 Å². The molecule has 0 aliphatic carbocycles. The molecule has 0 saturated heterocycles. The molecule has 0 aliphatic rings. The van der Waals surface area contributed by atoms with Gasteiger partial charge in [-0.2, -0.15) is 0 Å². The maximum Gasteiger partial charge on any atom is 0.243 e. The largest absolute Gasteiger partial charge is 0.617 e. The van der Waals surface area contributed by atoms with Gasteiger partial charge in [0.25, 0.3) is 0 Å². The number of rotatable bonds is 17. The second-order valence-electron chi connectivity index (χ2n) is 10.2. The van der Waals surface area contributed by atoms with Crippen molar-refractivity contribution < 1.29 is 28.8 Å². The molecular formula is C30H43N5O6S. The Labute approximate surface area is 250 Å². The smallest absolute Gasteiger partial charge is 0.243 e. The molecule has 0 aliphatic heterocycles. The molecule has 0 spiro atoms. The molecule has 1 unspecified atom stereocenters. The van der Waals surface area contributed by atoms with Gasteiger partial charge in [-0.25, -0.2) is 0 Å². The monoisotopic (exact) mass is 601 g/mol. The molecule has 11 nitrogen and oxygen atoms in total. The lowest BCUT2D eigenvalue weighted by molar-refractivity contribution is -0.139. The molecule has 2 aromatic carbocycles. The Bertz CT molecular complexity index is 1150. The lowest BCUT2D eigenvalue weighted by Gasteiger charge is -2.28. The van der Waals surface area contributed by atoms with Crippen molar-refractivity contribution in [1.82, 2.24) is 20.9 Å². The molecule has 2 rings (SSSR count). The number of carbonyl (C=O) groups is 4. The highest BCUT2D eigenvalue weighted by Crippen LogP contribution is 2.12. The highest BCUT2D eigenvalue weighted by molar-refractivity contribution is 7.90. The van der Waals surface area contributed by atoms with E-state index in [-0.39, 0.29) is 31.0 Å². The quantitative estimate of drug-likeness (QED) is 0.130. The lowest BCUT2D eigenvalue weighted by atomic mass is 10.0. The Kier molecular flexibility index (Phi) is 14.9. The average Bonchev–Trinajstić information content (AvgIpc) is 2.97. The Hall–Kier alpha value is -3.61. The van der Waals surface area contributed by atoms with E-state index in [1.165, 1.54) is 24.1 Å². The molecule has 4 amide bonds. The van der Waals surface area contributed by atoms with E-state index < -0.39 is 47.0 Å². The average molecular weight is 602 g/mol. The van der Waals surface area contributed by atoms with E-state index in [1.54, 1.807) is 18.4 Å². The van der Waals surface area contributed by atoms with Crippen LogP contribution in [0.1, 0.15) is 37.3 Å². The van der Waals surface area contributed by atoms with Gasteiger partial charge in [-0.1, -0.05) is 67.0 Å². The third kappa shape index (κ3) is 12.1. The van der Waals surface area contributed by atoms with E-state index in [9.17, 15) is 28.8 Å². The number of nitrogens with one attached hydrogen (secondary N) is 3. The number of aromatic hydroxyl groups is 1. The van der Waals surface area contributed by atoms with Crippen LogP contribution in [0.4, 0.5) is 0 Å². The number of hydrogen-bond donors (Lipinski definition) is 5. The molecule has 0 bridgehead atoms. The fourth-order valence-corrected chi connectivity index (χ4v) is 4.80. The zero-order chi connectivity index (χ0) is 31.1. The summed E-state index contributed by atoms with van der Waals surface area (Å²) in [5.74, 6) is -1.29. The van der Waals surface area contributed by atoms with Gasteiger partial charge in [0.05, 0.1) is 18.8 Å². The van der Waals surface area contributed by atoms with Crippen LogP contribution < -0.4 is 21.7 Å². The Morgan fingerprint density at radius 3 is 2.21 bits per heavy atom. The Balaban J connectivity index is 1.99. The van der Waals surface area contributed by atoms with Crippen LogP contribution in [0.2, 0.25) is 0 Å². The van der Waals surface area contributed by atoms with E-state index in [2.05, 4.69) is 16.0 Å². The van der Waals surface area contributed by atoms with Gasteiger partial charge < -0.3 is 36.2 Å². The van der Waals surface area contributed by atoms with Crippen molar-refractivity contribution in [2.24, 2.45) is 5.73 Å². The summed E-state index contributed by atoms with van der Waals surface area (Å²) in [4.78, 5) is 53.2. The van der Waals surface area contributed by atoms with Crippen LogP contribution in [0.15, 0.2) is 54.6 Å². The van der Waals surface area contributed by atoms with Crippen molar-refractivity contribution in [3.8, 4) is 5.75 Å². The number of carbonyl (C=O) groups excluding carboxylic acids is 4. The number of amides is 4. The maximum absolute atomic E-state index is 13.1. The summed E-state index contributed by atoms with van der Waals surface area (Å²) >= 11 is -0.966. The zero-order valence-corrected chi connectivity index (χ0v) is 25.3. The van der Waals surface area contributed by atoms with Gasteiger partial charge in [0.1, 0.15) is 23.6 Å². The lowest BCUT2D eigenvalue weighted by Crippen LogP contribution is -2.55. The summed E-state index contributed by atoms with van der Waals surface area (Å²) < 4.78 is 11.3. The molecule has 0 saturated carbocycles. The highest BCUT2D eigenvalue weighted by atomic mass is 32.2. The molecule has 42 heavy (non-hydrogen) atoms. The second kappa shape index (κ2) is 18.0. The Morgan fingerprint density at radius 1 is 0.952 bits per heavy atom. The van der Waals surface area contributed by atoms with Gasteiger partial charge in [-0.15, -0.1) is 0 Å². The molecule has 230 valence electrons. The molecule has 0 fully saturated rings. The number of nitrogens with zero attached hydrogens (tertiary/aromatic N) is 1. The zero-order valence-electron chi connectivity index (χ0n) is 24.5. The standard InChI is InChI=1S/C30H43N5O6S/c1-4-9-25(34-28(38)24(31)18-22-12-14-23(36)15-13-22)29(39)33-20-27(37)35(2)26(19-21-10-6-5-7-11-21)30(40)32-16-8-17-42(3)41/h5-7,10-15,24-26,36H,4,8-9,16-20,31H2,1-3H3,(H,32,40)(H,33,39)(H,34,38)/t24-,25+,26-,42?/m0/s1. The number of benzene rings is 2. The van der Waals surface area contributed by atoms with Gasteiger partial charge >= 0.3 is 0 Å². The van der Waals surface area contributed by atoms with E-state index >= 15 is 0 Å². The second-order valence-corrected chi connectivity index (χ2v) is 11.7. The Morgan fingerprint density at radius 2 is 1.60 bits per heavy atom. The van der Waals surface area contributed by atoms with E-state index in [0.29, 0.717) is 31.6 Å². The summed E-state index contributed by atoms with van der Waals surface area (Å²) in [6.07, 6.45) is 3.58. The van der Waals surface area contributed by atoms with Crippen molar-refractivity contribution in [3.63, 3.8) is 0 Å². The maximum atomic E-state index is 13.1. The number of phenolic OH excluding ortho intramolecular Hbond substituents is 1. The predicted molar refractivity (Wildman–Crippen MR) is 163 cm³/mol. The molecule has 0 heterocycles. The van der Waals surface area contributed by atoms with Crippen LogP contribution in [0.5, 0.6) is 5.75 Å². The SMILES string of the molecule is CCC[C@@H](NC(=O)[C@@H](N)Cc1ccc(O)cc1)C(=O)NCC(=O)N(C)[C@@H](Cc1ccccc1)C(=O)NCCC[S+](C)[O-]. The first kappa shape index (κ1) is 34.6. The first-order valence-corrected chi connectivity index (χ1v) is 15.7. The van der Waals surface area contributed by atoms with Gasteiger partial charge in [-0.05, 0) is 36.1 Å². The summed E-state index contributed by atoms with van der Waals surface area (Å²) in [5, 5.41) is 17.5. The van der Waals surface area contributed by atoms with Crippen LogP contribution in [0.25, 0.3) is 0 Å². The van der Waals surface area contributed by atoms with Crippen molar-refractivity contribution >= 4 is 34.8 Å². The number of hydrogen-bond acceptors (Lipinski definition) is 7. The van der Waals surface area contributed by atoms with Crippen molar-refractivity contribution in [3.05, 3.63) is 65.7 Å². The van der Waals surface area contributed by atoms with Crippen LogP contribution in [0.3, 0.4) is 0 Å². The van der Waals surface area contributed by atoms with Gasteiger partial charge in [0.2, 0.25) is 23.6 Å². The van der Waals surface area contributed by atoms with Crippen LogP contribution in [-0.4, -0.2) is 88.5 Å². The molecule has 6 N–H and O–H groups in total. The molecule has 0 aromatic heterocycles. The number of nitrogens with two attached hydrogens (primary N) is 1. The fourth-order valence-electron chi connectivity index (χ4n) is 4.25. The molecule has 4 atom stereocenters. The first-order chi connectivity index (χ1) is 20.0.